The summed E-state index contributed by atoms with van der Waals surface area (Å²) in [5, 5.41) is 0. The Labute approximate surface area is 85.8 Å². The molecule has 0 N–H and O–H groups in total. The number of rotatable bonds is 1. The first-order chi connectivity index (χ1) is 7.15. The lowest BCUT2D eigenvalue weighted by Crippen LogP contribution is -2.27. The van der Waals surface area contributed by atoms with Crippen LogP contribution in [-0.2, 0) is 4.79 Å². The van der Waals surface area contributed by atoms with Gasteiger partial charge in [0.1, 0.15) is 5.75 Å². The van der Waals surface area contributed by atoms with Crippen LogP contribution in [0.5, 0.6) is 5.75 Å². The Balaban J connectivity index is 2.70. The molecular weight excluding hydrogens is 196 g/mol. The van der Waals surface area contributed by atoms with Crippen molar-refractivity contribution in [2.45, 2.75) is 6.42 Å². The van der Waals surface area contributed by atoms with E-state index in [1.807, 2.05) is 0 Å². The van der Waals surface area contributed by atoms with Gasteiger partial charge in [-0.05, 0) is 12.1 Å². The van der Waals surface area contributed by atoms with Crippen LogP contribution in [0.2, 0.25) is 0 Å². The monoisotopic (exact) mass is 204 g/mol. The summed E-state index contributed by atoms with van der Waals surface area (Å²) in [5.74, 6) is -1.27. The Hall–Kier alpha value is -1.97. The molecule has 1 aromatic rings. The molecule has 0 fully saturated rings. The Morgan fingerprint density at radius 3 is 2.53 bits per heavy atom. The fourth-order valence-electron chi connectivity index (χ4n) is 1.64. The van der Waals surface area contributed by atoms with Crippen molar-refractivity contribution >= 4 is 17.3 Å². The molecule has 0 bridgehead atoms. The molecule has 0 amide bonds. The first kappa shape index (κ1) is 9.58. The maximum atomic E-state index is 11.6. The minimum atomic E-state index is -0.652. The van der Waals surface area contributed by atoms with Gasteiger partial charge in [0.15, 0.2) is 5.78 Å². The Bertz CT molecular complexity index is 473. The van der Waals surface area contributed by atoms with Crippen molar-refractivity contribution in [1.82, 2.24) is 0 Å². The number of carbonyl (C=O) groups excluding carboxylic acids is 3. The van der Waals surface area contributed by atoms with Gasteiger partial charge in [-0.15, -0.1) is 0 Å². The maximum absolute atomic E-state index is 11.6. The van der Waals surface area contributed by atoms with Gasteiger partial charge in [-0.3, -0.25) is 14.4 Å². The number of benzene rings is 1. The highest BCUT2D eigenvalue weighted by atomic mass is 16.5. The fraction of sp³-hybridized carbons (Fsp3) is 0.182. The van der Waals surface area contributed by atoms with Crippen LogP contribution in [0, 0.1) is 0 Å². The third kappa shape index (κ3) is 1.34. The van der Waals surface area contributed by atoms with Gasteiger partial charge in [0.05, 0.1) is 19.1 Å². The lowest BCUT2D eigenvalue weighted by atomic mass is 9.88. The molecule has 0 heterocycles. The van der Waals surface area contributed by atoms with Gasteiger partial charge in [0, 0.05) is 5.56 Å². The van der Waals surface area contributed by atoms with Gasteiger partial charge in [-0.2, -0.15) is 0 Å². The van der Waals surface area contributed by atoms with Crippen molar-refractivity contribution in [2.24, 2.45) is 0 Å². The van der Waals surface area contributed by atoms with Crippen LogP contribution in [0.1, 0.15) is 27.1 Å². The number of Topliss-reactive ketones (excluding diaryl/α,β-unsaturated/α-hetero) is 3. The molecule has 1 aromatic carbocycles. The quantitative estimate of drug-likeness (QED) is 0.506. The average Bonchev–Trinajstić information content (AvgIpc) is 2.25. The van der Waals surface area contributed by atoms with Crippen LogP contribution in [0.25, 0.3) is 0 Å². The molecule has 1 aliphatic carbocycles. The van der Waals surface area contributed by atoms with Crippen LogP contribution in [0.4, 0.5) is 0 Å². The van der Waals surface area contributed by atoms with Gasteiger partial charge in [-0.25, -0.2) is 0 Å². The normalized spacial score (nSPS) is 15.1. The van der Waals surface area contributed by atoms with E-state index < -0.39 is 11.6 Å². The highest BCUT2D eigenvalue weighted by Gasteiger charge is 2.32. The second-order valence-electron chi connectivity index (χ2n) is 3.24. The zero-order valence-electron chi connectivity index (χ0n) is 8.07. The molecule has 1 aliphatic rings. The zero-order chi connectivity index (χ0) is 11.0. The first-order valence-corrected chi connectivity index (χ1v) is 4.43. The maximum Gasteiger partial charge on any atom is 0.229 e. The standard InChI is InChI=1S/C11H8O4/c1-15-9-4-2-3-6-10(9)7(12)5-8(13)11(6)14/h2-4H,5H2,1H3. The van der Waals surface area contributed by atoms with E-state index in [1.165, 1.54) is 13.2 Å². The minimum absolute atomic E-state index is 0.149. The molecule has 76 valence electrons. The fourth-order valence-corrected chi connectivity index (χ4v) is 1.64. The smallest absolute Gasteiger partial charge is 0.229 e. The number of hydrogen-bond acceptors (Lipinski definition) is 4. The van der Waals surface area contributed by atoms with E-state index in [4.69, 9.17) is 4.74 Å². The number of hydrogen-bond donors (Lipinski definition) is 0. The molecule has 0 aromatic heterocycles. The van der Waals surface area contributed by atoms with Crippen molar-refractivity contribution in [2.75, 3.05) is 7.11 Å². The van der Waals surface area contributed by atoms with Crippen molar-refractivity contribution in [1.29, 1.82) is 0 Å². The van der Waals surface area contributed by atoms with Gasteiger partial charge < -0.3 is 4.74 Å². The van der Waals surface area contributed by atoms with Crippen molar-refractivity contribution in [3.63, 3.8) is 0 Å². The number of ether oxygens (including phenoxy) is 1. The van der Waals surface area contributed by atoms with E-state index in [9.17, 15) is 14.4 Å². The van der Waals surface area contributed by atoms with Crippen LogP contribution >= 0.6 is 0 Å². The number of methoxy groups -OCH3 is 1. The first-order valence-electron chi connectivity index (χ1n) is 4.43. The predicted octanol–water partition coefficient (Wildman–Crippen LogP) is 1.03. The Morgan fingerprint density at radius 1 is 1.13 bits per heavy atom. The van der Waals surface area contributed by atoms with E-state index in [0.29, 0.717) is 5.75 Å². The Morgan fingerprint density at radius 2 is 1.87 bits per heavy atom. The molecular formula is C11H8O4. The van der Waals surface area contributed by atoms with Gasteiger partial charge in [-0.1, -0.05) is 6.07 Å². The van der Waals surface area contributed by atoms with Crippen LogP contribution < -0.4 is 4.74 Å². The summed E-state index contributed by atoms with van der Waals surface area (Å²) in [6.07, 6.45) is -0.355. The third-order valence-corrected chi connectivity index (χ3v) is 2.34. The van der Waals surface area contributed by atoms with Gasteiger partial charge >= 0.3 is 0 Å². The largest absolute Gasteiger partial charge is 0.496 e. The van der Waals surface area contributed by atoms with E-state index in [2.05, 4.69) is 0 Å². The average molecular weight is 204 g/mol. The van der Waals surface area contributed by atoms with E-state index in [1.54, 1.807) is 12.1 Å². The SMILES string of the molecule is COc1cccc2c1C(=O)CC(=O)C2=O. The minimum Gasteiger partial charge on any atom is -0.496 e. The molecule has 0 saturated carbocycles. The lowest BCUT2D eigenvalue weighted by Gasteiger charge is -2.15. The molecule has 0 radical (unpaired) electrons. The van der Waals surface area contributed by atoms with Crippen LogP contribution in [-0.4, -0.2) is 24.5 Å². The second kappa shape index (κ2) is 3.31. The third-order valence-electron chi connectivity index (χ3n) is 2.34. The molecule has 0 saturated heterocycles. The predicted molar refractivity (Wildman–Crippen MR) is 51.3 cm³/mol. The molecule has 15 heavy (non-hydrogen) atoms. The summed E-state index contributed by atoms with van der Waals surface area (Å²) in [4.78, 5) is 34.2. The number of ketones is 3. The topological polar surface area (TPSA) is 60.4 Å². The van der Waals surface area contributed by atoms with Gasteiger partial charge in [0.25, 0.3) is 0 Å². The molecule has 0 aliphatic heterocycles. The summed E-state index contributed by atoms with van der Waals surface area (Å²) >= 11 is 0. The summed E-state index contributed by atoms with van der Waals surface area (Å²) in [6, 6.07) is 4.65. The lowest BCUT2D eigenvalue weighted by molar-refractivity contribution is -0.114. The van der Waals surface area contributed by atoms with Crippen molar-refractivity contribution in [3.8, 4) is 5.75 Å². The van der Waals surface area contributed by atoms with Crippen LogP contribution in [0.3, 0.4) is 0 Å². The van der Waals surface area contributed by atoms with E-state index in [0.717, 1.165) is 0 Å². The summed E-state index contributed by atoms with van der Waals surface area (Å²) in [7, 11) is 1.42. The van der Waals surface area contributed by atoms with Crippen molar-refractivity contribution < 1.29 is 19.1 Å². The van der Waals surface area contributed by atoms with E-state index in [-0.39, 0.29) is 23.3 Å². The number of fused-ring (bicyclic) bond motifs is 1. The Kier molecular flexibility index (Phi) is 2.11. The van der Waals surface area contributed by atoms with Crippen molar-refractivity contribution in [3.05, 3.63) is 29.3 Å². The molecule has 2 rings (SSSR count). The summed E-state index contributed by atoms with van der Waals surface area (Å²) in [6.45, 7) is 0. The molecule has 4 nitrogen and oxygen atoms in total. The summed E-state index contributed by atoms with van der Waals surface area (Å²) in [5.41, 5.74) is 0.375. The molecule has 0 spiro atoms. The van der Waals surface area contributed by atoms with Gasteiger partial charge in [0.2, 0.25) is 11.6 Å². The second-order valence-corrected chi connectivity index (χ2v) is 3.24. The number of carbonyl (C=O) groups is 3. The molecule has 0 unspecified atom stereocenters. The molecule has 0 atom stereocenters. The highest BCUT2D eigenvalue weighted by Crippen LogP contribution is 2.27. The highest BCUT2D eigenvalue weighted by molar-refractivity contribution is 6.51. The zero-order valence-corrected chi connectivity index (χ0v) is 8.07. The molecule has 4 heteroatoms. The van der Waals surface area contributed by atoms with Crippen LogP contribution in [0.15, 0.2) is 18.2 Å². The van der Waals surface area contributed by atoms with E-state index >= 15 is 0 Å². The summed E-state index contributed by atoms with van der Waals surface area (Å²) < 4.78 is 4.98.